The van der Waals surface area contributed by atoms with Gasteiger partial charge >= 0.3 is 0 Å². The maximum absolute atomic E-state index is 11.7. The van der Waals surface area contributed by atoms with Crippen LogP contribution >= 0.6 is 15.9 Å². The number of benzene rings is 1. The van der Waals surface area contributed by atoms with E-state index in [0.717, 1.165) is 10.0 Å². The van der Waals surface area contributed by atoms with Crippen LogP contribution in [0, 0.1) is 0 Å². The molecule has 0 aliphatic rings. The zero-order valence-electron chi connectivity index (χ0n) is 9.82. The minimum Gasteiger partial charge on any atom is -0.348 e. The van der Waals surface area contributed by atoms with E-state index in [4.69, 9.17) is 5.73 Å². The van der Waals surface area contributed by atoms with Gasteiger partial charge in [0.15, 0.2) is 0 Å². The first-order valence-electron chi connectivity index (χ1n) is 5.47. The van der Waals surface area contributed by atoms with Crippen molar-refractivity contribution >= 4 is 21.8 Å². The average molecular weight is 297 g/mol. The molecule has 0 bridgehead atoms. The molecule has 1 rings (SSSR count). The lowest BCUT2D eigenvalue weighted by molar-refractivity contribution is -0.122. The quantitative estimate of drug-likeness (QED) is 0.821. The largest absolute Gasteiger partial charge is 0.348 e. The monoisotopic (exact) mass is 296 g/mol. The third-order valence-electron chi connectivity index (χ3n) is 2.46. The molecule has 0 saturated heterocycles. The molecule has 0 fully saturated rings. The van der Waals surface area contributed by atoms with Crippen molar-refractivity contribution in [2.75, 3.05) is 0 Å². The van der Waals surface area contributed by atoms with Gasteiger partial charge in [-0.3, -0.25) is 4.79 Å². The Morgan fingerprint density at radius 1 is 1.65 bits per heavy atom. The molecule has 3 N–H and O–H groups in total. The smallest absolute Gasteiger partial charge is 0.237 e. The predicted octanol–water partition coefficient (Wildman–Crippen LogP) is 2.53. The number of carbonyl (C=O) groups excluding carboxylic acids is 1. The SMILES string of the molecule is C=CCC(N)C(=O)N[C@@H](C)c1cccc(Br)c1. The maximum Gasteiger partial charge on any atom is 0.237 e. The van der Waals surface area contributed by atoms with Gasteiger partial charge in [-0.1, -0.05) is 34.1 Å². The number of rotatable bonds is 5. The van der Waals surface area contributed by atoms with E-state index in [9.17, 15) is 4.79 Å². The molecule has 1 aromatic carbocycles. The third-order valence-corrected chi connectivity index (χ3v) is 2.96. The Bertz CT molecular complexity index is 406. The Kier molecular flexibility index (Phi) is 5.38. The van der Waals surface area contributed by atoms with Crippen molar-refractivity contribution in [1.29, 1.82) is 0 Å². The summed E-state index contributed by atoms with van der Waals surface area (Å²) in [6, 6.07) is 7.24. The number of halogens is 1. The maximum atomic E-state index is 11.7. The van der Waals surface area contributed by atoms with Crippen molar-refractivity contribution in [3.63, 3.8) is 0 Å². The molecule has 1 aromatic rings. The standard InChI is InChI=1S/C13H17BrN2O/c1-3-5-12(15)13(17)16-9(2)10-6-4-7-11(14)8-10/h3-4,6-9,12H,1,5,15H2,2H3,(H,16,17)/t9-,12?/m0/s1. The summed E-state index contributed by atoms with van der Waals surface area (Å²) in [5.74, 6) is -0.155. The molecule has 0 spiro atoms. The summed E-state index contributed by atoms with van der Waals surface area (Å²) in [4.78, 5) is 11.7. The topological polar surface area (TPSA) is 55.1 Å². The van der Waals surface area contributed by atoms with E-state index in [0.29, 0.717) is 6.42 Å². The van der Waals surface area contributed by atoms with Crippen LogP contribution in [0.2, 0.25) is 0 Å². The van der Waals surface area contributed by atoms with Gasteiger partial charge in [0, 0.05) is 4.47 Å². The van der Waals surface area contributed by atoms with Crippen molar-refractivity contribution in [3.8, 4) is 0 Å². The molecule has 4 heteroatoms. The molecule has 0 heterocycles. The molecule has 0 aliphatic carbocycles. The van der Waals surface area contributed by atoms with Gasteiger partial charge < -0.3 is 11.1 Å². The van der Waals surface area contributed by atoms with Gasteiger partial charge in [-0.15, -0.1) is 6.58 Å². The molecule has 2 atom stereocenters. The van der Waals surface area contributed by atoms with Crippen molar-refractivity contribution in [3.05, 3.63) is 47.0 Å². The summed E-state index contributed by atoms with van der Waals surface area (Å²) in [5, 5.41) is 2.88. The second-order valence-corrected chi connectivity index (χ2v) is 4.83. The zero-order chi connectivity index (χ0) is 12.8. The van der Waals surface area contributed by atoms with E-state index in [-0.39, 0.29) is 11.9 Å². The van der Waals surface area contributed by atoms with Gasteiger partial charge in [-0.25, -0.2) is 0 Å². The van der Waals surface area contributed by atoms with Gasteiger partial charge in [-0.05, 0) is 31.0 Å². The third kappa shape index (κ3) is 4.32. The lowest BCUT2D eigenvalue weighted by Gasteiger charge is -2.17. The van der Waals surface area contributed by atoms with E-state index in [1.807, 2.05) is 31.2 Å². The molecule has 92 valence electrons. The first-order chi connectivity index (χ1) is 8.04. The Morgan fingerprint density at radius 2 is 2.35 bits per heavy atom. The number of nitrogens with one attached hydrogen (secondary N) is 1. The van der Waals surface area contributed by atoms with Gasteiger partial charge in [0.2, 0.25) is 5.91 Å². The minimum absolute atomic E-state index is 0.0594. The van der Waals surface area contributed by atoms with Crippen LogP contribution in [0.15, 0.2) is 41.4 Å². The summed E-state index contributed by atoms with van der Waals surface area (Å²) in [6.07, 6.45) is 2.13. The molecular formula is C13H17BrN2O. The van der Waals surface area contributed by atoms with Crippen LogP contribution in [-0.4, -0.2) is 11.9 Å². The molecule has 0 aromatic heterocycles. The van der Waals surface area contributed by atoms with Crippen molar-refractivity contribution < 1.29 is 4.79 Å². The molecule has 1 amide bonds. The summed E-state index contributed by atoms with van der Waals surface area (Å²) < 4.78 is 0.992. The number of amides is 1. The van der Waals surface area contributed by atoms with Crippen LogP contribution in [-0.2, 0) is 4.79 Å². The van der Waals surface area contributed by atoms with Gasteiger partial charge in [0.25, 0.3) is 0 Å². The highest BCUT2D eigenvalue weighted by atomic mass is 79.9. The number of hydrogen-bond acceptors (Lipinski definition) is 2. The molecule has 0 saturated carbocycles. The summed E-state index contributed by atoms with van der Waals surface area (Å²) in [5.41, 5.74) is 6.73. The second-order valence-electron chi connectivity index (χ2n) is 3.92. The molecule has 0 aliphatic heterocycles. The highest BCUT2D eigenvalue weighted by molar-refractivity contribution is 9.10. The Morgan fingerprint density at radius 3 is 2.94 bits per heavy atom. The molecule has 1 unspecified atom stereocenters. The lowest BCUT2D eigenvalue weighted by atomic mass is 10.1. The van der Waals surface area contributed by atoms with E-state index in [1.54, 1.807) is 6.08 Å². The van der Waals surface area contributed by atoms with E-state index < -0.39 is 6.04 Å². The molecule has 3 nitrogen and oxygen atoms in total. The first kappa shape index (κ1) is 13.9. The fourth-order valence-corrected chi connectivity index (χ4v) is 1.88. The van der Waals surface area contributed by atoms with Crippen LogP contribution in [0.5, 0.6) is 0 Å². The van der Waals surface area contributed by atoms with Crippen LogP contribution in [0.1, 0.15) is 24.9 Å². The summed E-state index contributed by atoms with van der Waals surface area (Å²) >= 11 is 3.40. The molecule has 17 heavy (non-hydrogen) atoms. The van der Waals surface area contributed by atoms with Gasteiger partial charge in [-0.2, -0.15) is 0 Å². The van der Waals surface area contributed by atoms with Crippen LogP contribution < -0.4 is 11.1 Å². The summed E-state index contributed by atoms with van der Waals surface area (Å²) in [7, 11) is 0. The zero-order valence-corrected chi connectivity index (χ0v) is 11.4. The van der Waals surface area contributed by atoms with E-state index in [1.165, 1.54) is 0 Å². The average Bonchev–Trinajstić information content (AvgIpc) is 2.29. The Hall–Kier alpha value is -1.13. The number of nitrogens with two attached hydrogens (primary N) is 1. The predicted molar refractivity (Wildman–Crippen MR) is 73.5 cm³/mol. The summed E-state index contributed by atoms with van der Waals surface area (Å²) in [6.45, 7) is 5.50. The van der Waals surface area contributed by atoms with Gasteiger partial charge in [0.05, 0.1) is 12.1 Å². The normalized spacial score (nSPS) is 13.8. The van der Waals surface area contributed by atoms with Crippen molar-refractivity contribution in [2.24, 2.45) is 5.73 Å². The van der Waals surface area contributed by atoms with Crippen LogP contribution in [0.3, 0.4) is 0 Å². The fourth-order valence-electron chi connectivity index (χ4n) is 1.47. The van der Waals surface area contributed by atoms with Crippen LogP contribution in [0.25, 0.3) is 0 Å². The molecule has 0 radical (unpaired) electrons. The van der Waals surface area contributed by atoms with Crippen molar-refractivity contribution in [2.45, 2.75) is 25.4 Å². The Labute approximate surface area is 110 Å². The second kappa shape index (κ2) is 6.57. The van der Waals surface area contributed by atoms with E-state index in [2.05, 4.69) is 27.8 Å². The first-order valence-corrected chi connectivity index (χ1v) is 6.26. The van der Waals surface area contributed by atoms with E-state index >= 15 is 0 Å². The number of hydrogen-bond donors (Lipinski definition) is 2. The van der Waals surface area contributed by atoms with Gasteiger partial charge in [0.1, 0.15) is 0 Å². The Balaban J connectivity index is 2.63. The van der Waals surface area contributed by atoms with Crippen molar-refractivity contribution in [1.82, 2.24) is 5.32 Å². The minimum atomic E-state index is -0.526. The van der Waals surface area contributed by atoms with Crippen LogP contribution in [0.4, 0.5) is 0 Å². The lowest BCUT2D eigenvalue weighted by Crippen LogP contribution is -2.41. The highest BCUT2D eigenvalue weighted by Gasteiger charge is 2.15. The highest BCUT2D eigenvalue weighted by Crippen LogP contribution is 2.17. The fraction of sp³-hybridized carbons (Fsp3) is 0.308. The number of carbonyl (C=O) groups is 1. The molecular weight excluding hydrogens is 280 g/mol.